The number of amides is 2. The van der Waals surface area contributed by atoms with Crippen LogP contribution in [-0.2, 0) is 16.0 Å². The summed E-state index contributed by atoms with van der Waals surface area (Å²) in [6.45, 7) is 10.2. The Morgan fingerprint density at radius 3 is 2.09 bits per heavy atom. The number of rotatable bonds is 7. The van der Waals surface area contributed by atoms with E-state index in [1.165, 1.54) is 5.56 Å². The van der Waals surface area contributed by atoms with E-state index in [0.29, 0.717) is 22.9 Å². The van der Waals surface area contributed by atoms with Crippen molar-refractivity contribution in [2.75, 3.05) is 17.2 Å². The molecule has 1 aliphatic heterocycles. The summed E-state index contributed by atoms with van der Waals surface area (Å²) in [5.74, 6) is -0.373. The molecule has 0 fully saturated rings. The highest BCUT2D eigenvalue weighted by atomic mass is 32.1. The Balaban J connectivity index is 1.77. The number of anilines is 2. The Kier molecular flexibility index (Phi) is 8.28. The molecule has 1 heterocycles. The molecule has 2 aromatic carbocycles. The zero-order chi connectivity index (χ0) is 24.8. The first-order valence-corrected chi connectivity index (χ1v) is 11.9. The molecule has 7 nitrogen and oxygen atoms in total. The number of hydrogen-bond acceptors (Lipinski definition) is 4. The second kappa shape index (κ2) is 11.2. The van der Waals surface area contributed by atoms with Crippen LogP contribution in [0.2, 0.25) is 0 Å². The number of nitrogens with one attached hydrogen (secondary N) is 3. The average Bonchev–Trinajstić information content (AvgIpc) is 2.79. The van der Waals surface area contributed by atoms with Gasteiger partial charge in [0, 0.05) is 23.6 Å². The maximum absolute atomic E-state index is 12.9. The summed E-state index contributed by atoms with van der Waals surface area (Å²) in [5.41, 5.74) is 4.71. The van der Waals surface area contributed by atoms with Crippen molar-refractivity contribution in [2.24, 2.45) is 0 Å². The SMILES string of the molecule is CCc1ccc(NC(=O)Nc2ccc(C3NC(=S)N(CC)C(C)=C3C(=O)OC(C)C)cc2)cc1. The van der Waals surface area contributed by atoms with Gasteiger partial charge in [0.25, 0.3) is 0 Å². The van der Waals surface area contributed by atoms with E-state index in [4.69, 9.17) is 17.0 Å². The zero-order valence-corrected chi connectivity index (χ0v) is 21.1. The van der Waals surface area contributed by atoms with Gasteiger partial charge in [-0.15, -0.1) is 0 Å². The minimum Gasteiger partial charge on any atom is -0.459 e. The van der Waals surface area contributed by atoms with Gasteiger partial charge in [0.05, 0.1) is 17.7 Å². The predicted molar refractivity (Wildman–Crippen MR) is 140 cm³/mol. The van der Waals surface area contributed by atoms with Gasteiger partial charge in [-0.1, -0.05) is 31.2 Å². The van der Waals surface area contributed by atoms with Crippen molar-refractivity contribution in [3.05, 3.63) is 70.9 Å². The number of carbonyl (C=O) groups excluding carboxylic acids is 2. The second-order valence-electron chi connectivity index (χ2n) is 8.33. The predicted octanol–water partition coefficient (Wildman–Crippen LogP) is 5.37. The van der Waals surface area contributed by atoms with E-state index in [1.807, 2.05) is 69.0 Å². The molecule has 0 spiro atoms. The van der Waals surface area contributed by atoms with Gasteiger partial charge in [-0.05, 0) is 81.7 Å². The molecule has 0 saturated carbocycles. The molecule has 0 saturated heterocycles. The summed E-state index contributed by atoms with van der Waals surface area (Å²) in [4.78, 5) is 27.2. The Morgan fingerprint density at radius 1 is 1.03 bits per heavy atom. The molecule has 0 aliphatic carbocycles. The number of nitrogens with zero attached hydrogens (tertiary/aromatic N) is 1. The van der Waals surface area contributed by atoms with Crippen LogP contribution in [0.15, 0.2) is 59.8 Å². The monoisotopic (exact) mass is 480 g/mol. The summed E-state index contributed by atoms with van der Waals surface area (Å²) in [6, 6.07) is 14.3. The number of thiocarbonyl (C=S) groups is 1. The molecule has 0 bridgehead atoms. The van der Waals surface area contributed by atoms with Crippen molar-refractivity contribution < 1.29 is 14.3 Å². The van der Waals surface area contributed by atoms with E-state index in [9.17, 15) is 9.59 Å². The molecule has 3 N–H and O–H groups in total. The van der Waals surface area contributed by atoms with E-state index >= 15 is 0 Å². The van der Waals surface area contributed by atoms with Gasteiger partial charge in [-0.2, -0.15) is 0 Å². The molecule has 2 aromatic rings. The van der Waals surface area contributed by atoms with Gasteiger partial charge in [-0.3, -0.25) is 0 Å². The Morgan fingerprint density at radius 2 is 1.59 bits per heavy atom. The first kappa shape index (κ1) is 25.2. The number of urea groups is 1. The smallest absolute Gasteiger partial charge is 0.338 e. The minimum absolute atomic E-state index is 0.235. The van der Waals surface area contributed by atoms with Crippen LogP contribution in [-0.4, -0.2) is 34.7 Å². The summed E-state index contributed by atoms with van der Waals surface area (Å²) in [7, 11) is 0. The number of hydrogen-bond donors (Lipinski definition) is 3. The highest BCUT2D eigenvalue weighted by molar-refractivity contribution is 7.80. The highest BCUT2D eigenvalue weighted by Gasteiger charge is 2.34. The molecule has 0 radical (unpaired) electrons. The fraction of sp³-hybridized carbons (Fsp3) is 0.346. The van der Waals surface area contributed by atoms with E-state index in [1.54, 1.807) is 12.1 Å². The van der Waals surface area contributed by atoms with Crippen LogP contribution >= 0.6 is 12.2 Å². The van der Waals surface area contributed by atoms with Crippen molar-refractivity contribution in [2.45, 2.75) is 53.2 Å². The van der Waals surface area contributed by atoms with Gasteiger partial charge >= 0.3 is 12.0 Å². The summed E-state index contributed by atoms with van der Waals surface area (Å²) >= 11 is 5.53. The summed E-state index contributed by atoms with van der Waals surface area (Å²) < 4.78 is 5.52. The van der Waals surface area contributed by atoms with Crippen molar-refractivity contribution >= 4 is 40.7 Å². The van der Waals surface area contributed by atoms with Crippen LogP contribution in [0, 0.1) is 0 Å². The molecular formula is C26H32N4O3S. The number of carbonyl (C=O) groups is 2. The lowest BCUT2D eigenvalue weighted by Crippen LogP contribution is -2.47. The maximum Gasteiger partial charge on any atom is 0.338 e. The van der Waals surface area contributed by atoms with Crippen molar-refractivity contribution in [1.29, 1.82) is 0 Å². The molecule has 34 heavy (non-hydrogen) atoms. The van der Waals surface area contributed by atoms with Crippen molar-refractivity contribution in [3.63, 3.8) is 0 Å². The Bertz CT molecular complexity index is 1080. The van der Waals surface area contributed by atoms with Crippen LogP contribution in [0.1, 0.15) is 51.8 Å². The number of esters is 1. The van der Waals surface area contributed by atoms with Crippen LogP contribution in [0.3, 0.4) is 0 Å². The first-order valence-electron chi connectivity index (χ1n) is 11.5. The number of allylic oxidation sites excluding steroid dienone is 1. The lowest BCUT2D eigenvalue weighted by atomic mass is 9.94. The highest BCUT2D eigenvalue weighted by Crippen LogP contribution is 2.32. The number of ether oxygens (including phenoxy) is 1. The van der Waals surface area contributed by atoms with Crippen LogP contribution in [0.4, 0.5) is 16.2 Å². The van der Waals surface area contributed by atoms with Crippen LogP contribution in [0.5, 0.6) is 0 Å². The molecule has 3 rings (SSSR count). The fourth-order valence-electron chi connectivity index (χ4n) is 3.83. The molecule has 1 atom stereocenters. The maximum atomic E-state index is 12.9. The lowest BCUT2D eigenvalue weighted by molar-refractivity contribution is -0.143. The van der Waals surface area contributed by atoms with Gasteiger partial charge in [-0.25, -0.2) is 9.59 Å². The van der Waals surface area contributed by atoms with Gasteiger partial charge in [0.1, 0.15) is 0 Å². The molecule has 1 aliphatic rings. The Hall–Kier alpha value is -3.39. The number of aryl methyl sites for hydroxylation is 1. The largest absolute Gasteiger partial charge is 0.459 e. The molecular weight excluding hydrogens is 448 g/mol. The molecule has 8 heteroatoms. The minimum atomic E-state index is -0.443. The average molecular weight is 481 g/mol. The topological polar surface area (TPSA) is 82.7 Å². The van der Waals surface area contributed by atoms with Crippen molar-refractivity contribution in [1.82, 2.24) is 10.2 Å². The molecule has 180 valence electrons. The summed E-state index contributed by atoms with van der Waals surface area (Å²) in [5, 5.41) is 9.49. The number of benzene rings is 2. The standard InChI is InChI=1S/C26H32N4O3S/c1-6-18-8-12-20(13-9-18)27-25(32)28-21-14-10-19(11-15-21)23-22(24(31)33-16(3)4)17(5)30(7-2)26(34)29-23/h8-16,23H,6-7H2,1-5H3,(H,29,34)(H2,27,28,32). The van der Waals surface area contributed by atoms with Gasteiger partial charge < -0.3 is 25.6 Å². The van der Waals surface area contributed by atoms with Crippen LogP contribution < -0.4 is 16.0 Å². The summed E-state index contributed by atoms with van der Waals surface area (Å²) in [6.07, 6.45) is 0.710. The van der Waals surface area contributed by atoms with Gasteiger partial charge in [0.15, 0.2) is 5.11 Å². The van der Waals surface area contributed by atoms with Crippen molar-refractivity contribution in [3.8, 4) is 0 Å². The fourth-order valence-corrected chi connectivity index (χ4v) is 4.21. The second-order valence-corrected chi connectivity index (χ2v) is 8.72. The normalized spacial score (nSPS) is 15.8. The van der Waals surface area contributed by atoms with Crippen LogP contribution in [0.25, 0.3) is 0 Å². The third kappa shape index (κ3) is 5.94. The molecule has 0 aromatic heterocycles. The first-order chi connectivity index (χ1) is 16.2. The lowest BCUT2D eigenvalue weighted by Gasteiger charge is -2.37. The third-order valence-corrected chi connectivity index (χ3v) is 5.94. The zero-order valence-electron chi connectivity index (χ0n) is 20.3. The van der Waals surface area contributed by atoms with E-state index in [-0.39, 0.29) is 18.1 Å². The van der Waals surface area contributed by atoms with E-state index in [0.717, 1.165) is 23.4 Å². The molecule has 2 amide bonds. The molecule has 1 unspecified atom stereocenters. The Labute approximate surface area is 206 Å². The quantitative estimate of drug-likeness (QED) is 0.365. The van der Waals surface area contributed by atoms with E-state index in [2.05, 4.69) is 22.9 Å². The van der Waals surface area contributed by atoms with Gasteiger partial charge in [0.2, 0.25) is 0 Å². The third-order valence-electron chi connectivity index (χ3n) is 5.60. The van der Waals surface area contributed by atoms with E-state index < -0.39 is 6.04 Å².